The van der Waals surface area contributed by atoms with Crippen molar-refractivity contribution >= 4 is 64.3 Å². The largest absolute Gasteiger partial charge is 0.321 e. The Bertz CT molecular complexity index is 1560. The minimum Gasteiger partial charge on any atom is -0.321 e. The molecule has 0 heterocycles. The standard InChI is InChI=1S/C30H21Cl2FN2O3S/c31-24-14-13-21(15-25(24)32)28(36)18-39-23-11-6-10-22(17-23)34-30(38)27(16-20-9-4-5-12-26(20)33)35-29(37)19-7-2-1-3-8-19/h1-17H,18H2,(H,34,38)(H,35,37)/b27-16-. The molecule has 0 spiro atoms. The van der Waals surface area contributed by atoms with Crippen LogP contribution in [-0.2, 0) is 4.79 Å². The maximum Gasteiger partial charge on any atom is 0.272 e. The van der Waals surface area contributed by atoms with Gasteiger partial charge in [0.2, 0.25) is 0 Å². The first-order chi connectivity index (χ1) is 18.8. The van der Waals surface area contributed by atoms with Crippen molar-refractivity contribution < 1.29 is 18.8 Å². The summed E-state index contributed by atoms with van der Waals surface area (Å²) in [5, 5.41) is 5.99. The Morgan fingerprint density at radius 3 is 2.28 bits per heavy atom. The van der Waals surface area contributed by atoms with Gasteiger partial charge in [-0.15, -0.1) is 11.8 Å². The average molecular weight is 579 g/mol. The fraction of sp³-hybridized carbons (Fsp3) is 0.0333. The molecule has 0 aromatic heterocycles. The number of thioether (sulfide) groups is 1. The molecule has 0 radical (unpaired) electrons. The minimum absolute atomic E-state index is 0.133. The lowest BCUT2D eigenvalue weighted by molar-refractivity contribution is -0.113. The van der Waals surface area contributed by atoms with E-state index in [1.807, 2.05) is 0 Å². The Kier molecular flexibility index (Phi) is 9.54. The molecule has 0 aliphatic heterocycles. The van der Waals surface area contributed by atoms with Gasteiger partial charge in [0.05, 0.1) is 15.8 Å². The van der Waals surface area contributed by atoms with Gasteiger partial charge in [0.1, 0.15) is 11.5 Å². The van der Waals surface area contributed by atoms with E-state index in [4.69, 9.17) is 23.2 Å². The molecule has 2 amide bonds. The van der Waals surface area contributed by atoms with Crippen LogP contribution in [-0.4, -0.2) is 23.4 Å². The van der Waals surface area contributed by atoms with E-state index in [0.29, 0.717) is 26.9 Å². The third-order valence-corrected chi connectivity index (χ3v) is 7.17. The van der Waals surface area contributed by atoms with Crippen molar-refractivity contribution in [1.29, 1.82) is 0 Å². The molecule has 0 saturated carbocycles. The number of Topliss-reactive ketones (excluding diaryl/α,β-unsaturated/α-hetero) is 1. The Morgan fingerprint density at radius 1 is 0.795 bits per heavy atom. The van der Waals surface area contributed by atoms with Crippen LogP contribution in [0.4, 0.5) is 10.1 Å². The molecule has 4 aromatic rings. The molecule has 39 heavy (non-hydrogen) atoms. The molecule has 196 valence electrons. The normalized spacial score (nSPS) is 11.1. The maximum absolute atomic E-state index is 14.3. The summed E-state index contributed by atoms with van der Waals surface area (Å²) in [4.78, 5) is 39.3. The molecular weight excluding hydrogens is 558 g/mol. The fourth-order valence-electron chi connectivity index (χ4n) is 3.45. The number of benzene rings is 4. The molecule has 9 heteroatoms. The predicted molar refractivity (Wildman–Crippen MR) is 155 cm³/mol. The van der Waals surface area contributed by atoms with Crippen molar-refractivity contribution in [2.24, 2.45) is 0 Å². The first-order valence-electron chi connectivity index (χ1n) is 11.7. The van der Waals surface area contributed by atoms with Gasteiger partial charge in [0, 0.05) is 27.3 Å². The summed E-state index contributed by atoms with van der Waals surface area (Å²) in [6.07, 6.45) is 1.28. The number of halogens is 3. The van der Waals surface area contributed by atoms with Crippen molar-refractivity contribution in [2.45, 2.75) is 4.90 Å². The van der Waals surface area contributed by atoms with Gasteiger partial charge in [-0.1, -0.05) is 65.7 Å². The summed E-state index contributed by atoms with van der Waals surface area (Å²) in [6.45, 7) is 0. The maximum atomic E-state index is 14.3. The number of anilines is 1. The second-order valence-electron chi connectivity index (χ2n) is 8.22. The Morgan fingerprint density at radius 2 is 1.54 bits per heavy atom. The topological polar surface area (TPSA) is 75.3 Å². The molecule has 4 aromatic carbocycles. The quantitative estimate of drug-likeness (QED) is 0.122. The van der Waals surface area contributed by atoms with E-state index in [-0.39, 0.29) is 22.8 Å². The Hall–Kier alpha value is -3.91. The molecule has 0 aliphatic rings. The van der Waals surface area contributed by atoms with Crippen LogP contribution in [0.15, 0.2) is 108 Å². The molecule has 0 unspecified atom stereocenters. The number of rotatable bonds is 9. The lowest BCUT2D eigenvalue weighted by Gasteiger charge is -2.12. The molecule has 2 N–H and O–H groups in total. The molecule has 0 aliphatic carbocycles. The number of nitrogens with one attached hydrogen (secondary N) is 2. The number of carbonyl (C=O) groups excluding carboxylic acids is 3. The summed E-state index contributed by atoms with van der Waals surface area (Å²) < 4.78 is 14.3. The first kappa shape index (κ1) is 28.1. The predicted octanol–water partition coefficient (Wildman–Crippen LogP) is 7.52. The molecule has 0 fully saturated rings. The van der Waals surface area contributed by atoms with E-state index in [2.05, 4.69) is 10.6 Å². The highest BCUT2D eigenvalue weighted by molar-refractivity contribution is 8.00. The Labute approximate surface area is 239 Å². The molecule has 0 bridgehead atoms. The van der Waals surface area contributed by atoms with Gasteiger partial charge in [0.15, 0.2) is 5.78 Å². The zero-order valence-corrected chi connectivity index (χ0v) is 22.6. The number of amides is 2. The van der Waals surface area contributed by atoms with Crippen LogP contribution in [0.1, 0.15) is 26.3 Å². The van der Waals surface area contributed by atoms with Crippen LogP contribution >= 0.6 is 35.0 Å². The van der Waals surface area contributed by atoms with Gasteiger partial charge in [-0.3, -0.25) is 14.4 Å². The van der Waals surface area contributed by atoms with E-state index in [9.17, 15) is 18.8 Å². The summed E-state index contributed by atoms with van der Waals surface area (Å²) in [7, 11) is 0. The van der Waals surface area contributed by atoms with E-state index >= 15 is 0 Å². The number of ketones is 1. The highest BCUT2D eigenvalue weighted by Gasteiger charge is 2.16. The molecule has 4 rings (SSSR count). The Balaban J connectivity index is 1.49. The zero-order valence-electron chi connectivity index (χ0n) is 20.3. The third kappa shape index (κ3) is 7.80. The SMILES string of the molecule is O=C(Nc1cccc(SCC(=O)c2ccc(Cl)c(Cl)c2)c1)/C(=C/c1ccccc1F)NC(=O)c1ccccc1. The van der Waals surface area contributed by atoms with Crippen molar-refractivity contribution in [3.05, 3.63) is 135 Å². The number of hydrogen-bond acceptors (Lipinski definition) is 4. The van der Waals surface area contributed by atoms with Crippen LogP contribution in [0.25, 0.3) is 6.08 Å². The fourth-order valence-corrected chi connectivity index (χ4v) is 4.60. The van der Waals surface area contributed by atoms with Crippen LogP contribution < -0.4 is 10.6 Å². The molecule has 5 nitrogen and oxygen atoms in total. The summed E-state index contributed by atoms with van der Waals surface area (Å²) in [6, 6.07) is 25.9. The summed E-state index contributed by atoms with van der Waals surface area (Å²) in [5.74, 6) is -1.69. The highest BCUT2D eigenvalue weighted by Crippen LogP contribution is 2.26. The molecular formula is C30H21Cl2FN2O3S. The van der Waals surface area contributed by atoms with Crippen molar-refractivity contribution in [3.8, 4) is 0 Å². The third-order valence-electron chi connectivity index (χ3n) is 5.44. The molecule has 0 saturated heterocycles. The monoisotopic (exact) mass is 578 g/mol. The first-order valence-corrected chi connectivity index (χ1v) is 13.4. The number of carbonyl (C=O) groups is 3. The smallest absolute Gasteiger partial charge is 0.272 e. The minimum atomic E-state index is -0.642. The van der Waals surface area contributed by atoms with Crippen LogP contribution in [0.3, 0.4) is 0 Å². The average Bonchev–Trinajstić information content (AvgIpc) is 2.94. The van der Waals surface area contributed by atoms with Gasteiger partial charge in [-0.05, 0) is 60.7 Å². The van der Waals surface area contributed by atoms with Crippen LogP contribution in [0.5, 0.6) is 0 Å². The zero-order chi connectivity index (χ0) is 27.8. The van der Waals surface area contributed by atoms with Gasteiger partial charge in [-0.2, -0.15) is 0 Å². The van der Waals surface area contributed by atoms with Crippen LogP contribution in [0.2, 0.25) is 10.0 Å². The second kappa shape index (κ2) is 13.2. The van der Waals surface area contributed by atoms with E-state index in [1.165, 1.54) is 42.1 Å². The summed E-state index contributed by atoms with van der Waals surface area (Å²) in [5.41, 5.74) is 1.22. The van der Waals surface area contributed by atoms with Crippen molar-refractivity contribution in [3.63, 3.8) is 0 Å². The summed E-state index contributed by atoms with van der Waals surface area (Å²) >= 11 is 13.2. The lowest BCUT2D eigenvalue weighted by Crippen LogP contribution is -2.30. The molecule has 0 atom stereocenters. The van der Waals surface area contributed by atoms with Gasteiger partial charge in [0.25, 0.3) is 11.8 Å². The van der Waals surface area contributed by atoms with E-state index in [1.54, 1.807) is 72.8 Å². The highest BCUT2D eigenvalue weighted by atomic mass is 35.5. The van der Waals surface area contributed by atoms with Crippen LogP contribution in [0, 0.1) is 5.82 Å². The lowest BCUT2D eigenvalue weighted by atomic mass is 10.1. The van der Waals surface area contributed by atoms with Gasteiger partial charge >= 0.3 is 0 Å². The van der Waals surface area contributed by atoms with Crippen molar-refractivity contribution in [1.82, 2.24) is 5.32 Å². The van der Waals surface area contributed by atoms with Gasteiger partial charge in [-0.25, -0.2) is 4.39 Å². The number of hydrogen-bond donors (Lipinski definition) is 2. The van der Waals surface area contributed by atoms with Gasteiger partial charge < -0.3 is 10.6 Å². The second-order valence-corrected chi connectivity index (χ2v) is 10.1. The van der Waals surface area contributed by atoms with E-state index in [0.717, 1.165) is 4.90 Å². The van der Waals surface area contributed by atoms with E-state index < -0.39 is 17.6 Å². The van der Waals surface area contributed by atoms with Crippen molar-refractivity contribution in [2.75, 3.05) is 11.1 Å².